The standard InChI is InChI=1S/C9H13N3O3/c1-7(6-13)4-10-9-3-2-8(5-11-9)12(14)15/h2-3,5,7,13H,4,6H2,1H3,(H,10,11). The van der Waals surface area contributed by atoms with E-state index >= 15 is 0 Å². The molecule has 0 spiro atoms. The third-order valence-electron chi connectivity index (χ3n) is 1.90. The Hall–Kier alpha value is -1.69. The van der Waals surface area contributed by atoms with E-state index in [1.54, 1.807) is 6.07 Å². The van der Waals surface area contributed by atoms with Gasteiger partial charge in [-0.15, -0.1) is 0 Å². The number of pyridine rings is 1. The summed E-state index contributed by atoms with van der Waals surface area (Å²) >= 11 is 0. The molecule has 1 aromatic heterocycles. The highest BCUT2D eigenvalue weighted by molar-refractivity contribution is 5.39. The number of nitrogens with zero attached hydrogens (tertiary/aromatic N) is 2. The summed E-state index contributed by atoms with van der Waals surface area (Å²) in [6.45, 7) is 2.57. The number of hydrogen-bond acceptors (Lipinski definition) is 5. The number of aliphatic hydroxyl groups excluding tert-OH is 1. The Bertz CT molecular complexity index is 326. The second-order valence-corrected chi connectivity index (χ2v) is 3.33. The van der Waals surface area contributed by atoms with Crippen LogP contribution in [-0.4, -0.2) is 28.2 Å². The molecule has 0 bridgehead atoms. The molecule has 0 aliphatic heterocycles. The lowest BCUT2D eigenvalue weighted by atomic mass is 10.2. The summed E-state index contributed by atoms with van der Waals surface area (Å²) in [4.78, 5) is 13.7. The largest absolute Gasteiger partial charge is 0.396 e. The van der Waals surface area contributed by atoms with E-state index in [0.717, 1.165) is 0 Å². The summed E-state index contributed by atoms with van der Waals surface area (Å²) in [6, 6.07) is 2.93. The molecule has 1 aromatic rings. The van der Waals surface area contributed by atoms with Crippen molar-refractivity contribution < 1.29 is 10.0 Å². The molecule has 0 fully saturated rings. The van der Waals surface area contributed by atoms with Crippen molar-refractivity contribution in [2.75, 3.05) is 18.5 Å². The molecule has 1 heterocycles. The van der Waals surface area contributed by atoms with Crippen molar-refractivity contribution in [1.82, 2.24) is 4.98 Å². The van der Waals surface area contributed by atoms with E-state index in [4.69, 9.17) is 5.11 Å². The molecule has 1 unspecified atom stereocenters. The zero-order valence-corrected chi connectivity index (χ0v) is 8.38. The van der Waals surface area contributed by atoms with Gasteiger partial charge in [-0.1, -0.05) is 6.92 Å². The third kappa shape index (κ3) is 3.51. The summed E-state index contributed by atoms with van der Waals surface area (Å²) in [5.74, 6) is 0.697. The molecule has 0 amide bonds. The Balaban J connectivity index is 2.53. The summed E-state index contributed by atoms with van der Waals surface area (Å²) < 4.78 is 0. The molecule has 6 heteroatoms. The molecule has 0 aromatic carbocycles. The van der Waals surface area contributed by atoms with Crippen LogP contribution in [-0.2, 0) is 0 Å². The van der Waals surface area contributed by atoms with Crippen LogP contribution in [0, 0.1) is 16.0 Å². The van der Waals surface area contributed by atoms with Crippen LogP contribution < -0.4 is 5.32 Å². The SMILES string of the molecule is CC(CO)CNc1ccc([N+](=O)[O-])cn1. The van der Waals surface area contributed by atoms with E-state index in [1.807, 2.05) is 6.92 Å². The monoisotopic (exact) mass is 211 g/mol. The van der Waals surface area contributed by atoms with Crippen LogP contribution >= 0.6 is 0 Å². The van der Waals surface area contributed by atoms with Crippen molar-refractivity contribution in [2.45, 2.75) is 6.92 Å². The smallest absolute Gasteiger partial charge is 0.287 e. The van der Waals surface area contributed by atoms with Gasteiger partial charge < -0.3 is 10.4 Å². The first-order valence-electron chi connectivity index (χ1n) is 4.58. The van der Waals surface area contributed by atoms with Crippen LogP contribution in [0.4, 0.5) is 11.5 Å². The second-order valence-electron chi connectivity index (χ2n) is 3.33. The Morgan fingerprint density at radius 1 is 1.67 bits per heavy atom. The van der Waals surface area contributed by atoms with Gasteiger partial charge in [-0.3, -0.25) is 10.1 Å². The predicted molar refractivity (Wildman–Crippen MR) is 55.6 cm³/mol. The number of aromatic nitrogens is 1. The van der Waals surface area contributed by atoms with Gasteiger partial charge >= 0.3 is 0 Å². The van der Waals surface area contributed by atoms with Gasteiger partial charge in [-0.05, 0) is 12.0 Å². The molecular formula is C9H13N3O3. The predicted octanol–water partition coefficient (Wildman–Crippen LogP) is 1.03. The van der Waals surface area contributed by atoms with Gasteiger partial charge in [-0.25, -0.2) is 4.98 Å². The minimum atomic E-state index is -0.493. The van der Waals surface area contributed by atoms with Crippen molar-refractivity contribution in [3.05, 3.63) is 28.4 Å². The Morgan fingerprint density at radius 2 is 2.40 bits per heavy atom. The number of nitro groups is 1. The van der Waals surface area contributed by atoms with Crippen molar-refractivity contribution in [3.63, 3.8) is 0 Å². The van der Waals surface area contributed by atoms with Gasteiger partial charge in [0.1, 0.15) is 12.0 Å². The lowest BCUT2D eigenvalue weighted by Crippen LogP contribution is -2.15. The first kappa shape index (κ1) is 11.4. The van der Waals surface area contributed by atoms with E-state index < -0.39 is 4.92 Å². The molecule has 0 aliphatic rings. The highest BCUT2D eigenvalue weighted by atomic mass is 16.6. The lowest BCUT2D eigenvalue weighted by molar-refractivity contribution is -0.385. The van der Waals surface area contributed by atoms with Crippen molar-refractivity contribution >= 4 is 11.5 Å². The summed E-state index contributed by atoms with van der Waals surface area (Å²) in [7, 11) is 0. The van der Waals surface area contributed by atoms with Gasteiger partial charge in [0.05, 0.1) is 4.92 Å². The van der Waals surface area contributed by atoms with Crippen LogP contribution in [0.25, 0.3) is 0 Å². The first-order valence-corrected chi connectivity index (χ1v) is 4.58. The molecular weight excluding hydrogens is 198 g/mol. The molecule has 82 valence electrons. The Labute approximate surface area is 87.1 Å². The lowest BCUT2D eigenvalue weighted by Gasteiger charge is -2.09. The second kappa shape index (κ2) is 5.26. The van der Waals surface area contributed by atoms with Gasteiger partial charge in [0.25, 0.3) is 5.69 Å². The van der Waals surface area contributed by atoms with Crippen LogP contribution in [0.5, 0.6) is 0 Å². The minimum absolute atomic E-state index is 0.0317. The first-order chi connectivity index (χ1) is 7.13. The van der Waals surface area contributed by atoms with E-state index in [0.29, 0.717) is 12.4 Å². The number of rotatable bonds is 5. The highest BCUT2D eigenvalue weighted by Crippen LogP contribution is 2.11. The number of anilines is 1. The quantitative estimate of drug-likeness (QED) is 0.561. The van der Waals surface area contributed by atoms with E-state index in [2.05, 4.69) is 10.3 Å². The van der Waals surface area contributed by atoms with E-state index in [-0.39, 0.29) is 18.2 Å². The summed E-state index contributed by atoms with van der Waals surface area (Å²) in [5.41, 5.74) is -0.0317. The van der Waals surface area contributed by atoms with Gasteiger partial charge in [0, 0.05) is 19.2 Å². The Kier molecular flexibility index (Phi) is 3.99. The highest BCUT2D eigenvalue weighted by Gasteiger charge is 2.05. The van der Waals surface area contributed by atoms with Crippen molar-refractivity contribution in [3.8, 4) is 0 Å². The van der Waals surface area contributed by atoms with Crippen LogP contribution in [0.2, 0.25) is 0 Å². The molecule has 2 N–H and O–H groups in total. The number of aliphatic hydroxyl groups is 1. The fourth-order valence-electron chi connectivity index (χ4n) is 0.942. The molecule has 0 aliphatic carbocycles. The average Bonchev–Trinajstić information content (AvgIpc) is 2.26. The topological polar surface area (TPSA) is 88.3 Å². The number of hydrogen-bond donors (Lipinski definition) is 2. The van der Waals surface area contributed by atoms with Crippen molar-refractivity contribution in [2.24, 2.45) is 5.92 Å². The maximum atomic E-state index is 10.3. The normalized spacial score (nSPS) is 12.1. The average molecular weight is 211 g/mol. The molecule has 0 saturated heterocycles. The van der Waals surface area contributed by atoms with Gasteiger partial charge in [0.2, 0.25) is 0 Å². The maximum Gasteiger partial charge on any atom is 0.287 e. The van der Waals surface area contributed by atoms with Crippen LogP contribution in [0.1, 0.15) is 6.92 Å². The summed E-state index contributed by atoms with van der Waals surface area (Å²) in [5, 5.41) is 22.1. The van der Waals surface area contributed by atoms with Crippen LogP contribution in [0.15, 0.2) is 18.3 Å². The fraction of sp³-hybridized carbons (Fsp3) is 0.444. The van der Waals surface area contributed by atoms with Crippen LogP contribution in [0.3, 0.4) is 0 Å². The van der Waals surface area contributed by atoms with E-state index in [1.165, 1.54) is 12.3 Å². The molecule has 1 rings (SSSR count). The van der Waals surface area contributed by atoms with Gasteiger partial charge in [-0.2, -0.15) is 0 Å². The molecule has 0 saturated carbocycles. The molecule has 1 atom stereocenters. The fourth-order valence-corrected chi connectivity index (χ4v) is 0.942. The zero-order valence-electron chi connectivity index (χ0n) is 8.38. The number of nitrogens with one attached hydrogen (secondary N) is 1. The summed E-state index contributed by atoms with van der Waals surface area (Å²) in [6.07, 6.45) is 1.20. The van der Waals surface area contributed by atoms with E-state index in [9.17, 15) is 10.1 Å². The Morgan fingerprint density at radius 3 is 2.87 bits per heavy atom. The third-order valence-corrected chi connectivity index (χ3v) is 1.90. The minimum Gasteiger partial charge on any atom is -0.396 e. The molecule has 6 nitrogen and oxygen atoms in total. The van der Waals surface area contributed by atoms with Crippen molar-refractivity contribution in [1.29, 1.82) is 0 Å². The molecule has 0 radical (unpaired) electrons. The zero-order chi connectivity index (χ0) is 11.3. The van der Waals surface area contributed by atoms with Gasteiger partial charge in [0.15, 0.2) is 0 Å². The molecule has 15 heavy (non-hydrogen) atoms. The maximum absolute atomic E-state index is 10.3.